The number of rotatable bonds is 4. The SMILES string of the molecule is CCc1cccc2c(C3=CCN(C(=O)c4cn[nH]c4-c4ccc(Cl)cc4)CC3)c[nH]c12. The number of carbonyl (C=O) groups excluding carboxylic acids is 1. The zero-order valence-corrected chi connectivity index (χ0v) is 18.0. The number of nitrogens with one attached hydrogen (secondary N) is 2. The molecule has 0 spiro atoms. The lowest BCUT2D eigenvalue weighted by Crippen LogP contribution is -2.34. The van der Waals surface area contributed by atoms with Gasteiger partial charge in [-0.3, -0.25) is 9.89 Å². The molecule has 5 rings (SSSR count). The van der Waals surface area contributed by atoms with Crippen LogP contribution in [-0.2, 0) is 6.42 Å². The largest absolute Gasteiger partial charge is 0.360 e. The lowest BCUT2D eigenvalue weighted by molar-refractivity contribution is 0.0773. The van der Waals surface area contributed by atoms with E-state index in [1.807, 2.05) is 29.2 Å². The third-order valence-electron chi connectivity index (χ3n) is 6.03. The first-order valence-electron chi connectivity index (χ1n) is 10.5. The highest BCUT2D eigenvalue weighted by atomic mass is 35.5. The second-order valence-electron chi connectivity index (χ2n) is 7.79. The molecule has 0 aliphatic carbocycles. The normalized spacial score (nSPS) is 14.1. The van der Waals surface area contributed by atoms with Crippen LogP contribution in [0.15, 0.2) is 60.9 Å². The number of halogens is 1. The molecule has 5 nitrogen and oxygen atoms in total. The van der Waals surface area contributed by atoms with Gasteiger partial charge in [0, 0.05) is 46.3 Å². The molecule has 2 aromatic heterocycles. The van der Waals surface area contributed by atoms with Gasteiger partial charge in [-0.15, -0.1) is 0 Å². The second-order valence-corrected chi connectivity index (χ2v) is 8.23. The van der Waals surface area contributed by atoms with Gasteiger partial charge in [-0.25, -0.2) is 0 Å². The van der Waals surface area contributed by atoms with Crippen molar-refractivity contribution in [3.05, 3.63) is 82.6 Å². The first-order valence-corrected chi connectivity index (χ1v) is 10.9. The maximum Gasteiger partial charge on any atom is 0.257 e. The van der Waals surface area contributed by atoms with Crippen LogP contribution in [0.1, 0.15) is 34.8 Å². The third-order valence-corrected chi connectivity index (χ3v) is 6.28. The van der Waals surface area contributed by atoms with Crippen LogP contribution in [0, 0.1) is 0 Å². The van der Waals surface area contributed by atoms with Crippen LogP contribution < -0.4 is 0 Å². The quantitative estimate of drug-likeness (QED) is 0.436. The number of amides is 1. The summed E-state index contributed by atoms with van der Waals surface area (Å²) in [5.41, 5.74) is 7.26. The molecule has 1 aliphatic rings. The summed E-state index contributed by atoms with van der Waals surface area (Å²) in [4.78, 5) is 18.5. The Balaban J connectivity index is 1.38. The van der Waals surface area contributed by atoms with Crippen molar-refractivity contribution in [2.24, 2.45) is 0 Å². The van der Waals surface area contributed by atoms with Gasteiger partial charge in [-0.1, -0.05) is 54.9 Å². The van der Waals surface area contributed by atoms with Gasteiger partial charge >= 0.3 is 0 Å². The van der Waals surface area contributed by atoms with Crippen LogP contribution in [0.3, 0.4) is 0 Å². The lowest BCUT2D eigenvalue weighted by Gasteiger charge is -2.26. The third kappa shape index (κ3) is 3.55. The van der Waals surface area contributed by atoms with Gasteiger partial charge in [0.2, 0.25) is 0 Å². The van der Waals surface area contributed by atoms with E-state index in [1.165, 1.54) is 27.6 Å². The molecule has 1 amide bonds. The molecule has 1 aliphatic heterocycles. The Bertz CT molecular complexity index is 1280. The molecule has 31 heavy (non-hydrogen) atoms. The molecule has 0 radical (unpaired) electrons. The Kier molecular flexibility index (Phi) is 5.12. The first-order chi connectivity index (χ1) is 15.2. The minimum absolute atomic E-state index is 0.0128. The highest BCUT2D eigenvalue weighted by Gasteiger charge is 2.24. The van der Waals surface area contributed by atoms with E-state index in [2.05, 4.69) is 52.6 Å². The monoisotopic (exact) mass is 430 g/mol. The van der Waals surface area contributed by atoms with Crippen molar-refractivity contribution in [1.82, 2.24) is 20.1 Å². The molecule has 2 N–H and O–H groups in total. The smallest absolute Gasteiger partial charge is 0.257 e. The summed E-state index contributed by atoms with van der Waals surface area (Å²) >= 11 is 6.00. The predicted octanol–water partition coefficient (Wildman–Crippen LogP) is 5.70. The van der Waals surface area contributed by atoms with Gasteiger partial charge in [-0.2, -0.15) is 5.10 Å². The van der Waals surface area contributed by atoms with Gasteiger partial charge < -0.3 is 9.88 Å². The topological polar surface area (TPSA) is 64.8 Å². The number of hydrogen-bond donors (Lipinski definition) is 2. The van der Waals surface area contributed by atoms with E-state index in [1.54, 1.807) is 6.20 Å². The van der Waals surface area contributed by atoms with Gasteiger partial charge in [-0.05, 0) is 36.1 Å². The fourth-order valence-corrected chi connectivity index (χ4v) is 4.46. The van der Waals surface area contributed by atoms with Gasteiger partial charge in [0.05, 0.1) is 17.5 Å². The van der Waals surface area contributed by atoms with E-state index in [-0.39, 0.29) is 5.91 Å². The predicted molar refractivity (Wildman–Crippen MR) is 125 cm³/mol. The van der Waals surface area contributed by atoms with E-state index in [0.29, 0.717) is 23.7 Å². The fraction of sp³-hybridized carbons (Fsp3) is 0.200. The Labute approximate surface area is 185 Å². The summed E-state index contributed by atoms with van der Waals surface area (Å²) in [6.45, 7) is 3.43. The van der Waals surface area contributed by atoms with Crippen LogP contribution in [-0.4, -0.2) is 39.1 Å². The Morgan fingerprint density at radius 1 is 1.19 bits per heavy atom. The zero-order chi connectivity index (χ0) is 21.4. The van der Waals surface area contributed by atoms with E-state index in [9.17, 15) is 4.79 Å². The van der Waals surface area contributed by atoms with Gasteiger partial charge in [0.1, 0.15) is 0 Å². The summed E-state index contributed by atoms with van der Waals surface area (Å²) in [5.74, 6) is -0.0128. The number of para-hydroxylation sites is 1. The molecule has 0 saturated carbocycles. The van der Waals surface area contributed by atoms with Gasteiger partial charge in [0.25, 0.3) is 5.91 Å². The molecule has 0 fully saturated rings. The molecule has 156 valence electrons. The molecule has 0 saturated heterocycles. The maximum atomic E-state index is 13.2. The Morgan fingerprint density at radius 2 is 2.03 bits per heavy atom. The lowest BCUT2D eigenvalue weighted by atomic mass is 9.97. The van der Waals surface area contributed by atoms with E-state index in [0.717, 1.165) is 24.1 Å². The summed E-state index contributed by atoms with van der Waals surface area (Å²) in [5, 5.41) is 9.00. The van der Waals surface area contributed by atoms with Crippen molar-refractivity contribution in [3.63, 3.8) is 0 Å². The number of aryl methyl sites for hydroxylation is 1. The van der Waals surface area contributed by atoms with Crippen molar-refractivity contribution in [2.45, 2.75) is 19.8 Å². The van der Waals surface area contributed by atoms with E-state index in [4.69, 9.17) is 11.6 Å². The number of aromatic nitrogens is 3. The molecule has 4 aromatic rings. The van der Waals surface area contributed by atoms with E-state index >= 15 is 0 Å². The molecular weight excluding hydrogens is 408 g/mol. The number of fused-ring (bicyclic) bond motifs is 1. The van der Waals surface area contributed by atoms with Crippen molar-refractivity contribution in [1.29, 1.82) is 0 Å². The molecule has 0 unspecified atom stereocenters. The first kappa shape index (κ1) is 19.6. The van der Waals surface area contributed by atoms with Crippen molar-refractivity contribution in [2.75, 3.05) is 13.1 Å². The van der Waals surface area contributed by atoms with Crippen LogP contribution >= 0.6 is 11.6 Å². The number of benzene rings is 2. The van der Waals surface area contributed by atoms with E-state index < -0.39 is 0 Å². The summed E-state index contributed by atoms with van der Waals surface area (Å²) in [6.07, 6.45) is 7.70. The van der Waals surface area contributed by atoms with Crippen molar-refractivity contribution >= 4 is 34.0 Å². The van der Waals surface area contributed by atoms with Crippen molar-refractivity contribution < 1.29 is 4.79 Å². The fourth-order valence-electron chi connectivity index (χ4n) is 4.33. The zero-order valence-electron chi connectivity index (χ0n) is 17.3. The molecule has 6 heteroatoms. The highest BCUT2D eigenvalue weighted by molar-refractivity contribution is 6.30. The molecule has 0 atom stereocenters. The molecular formula is C25H23ClN4O. The van der Waals surface area contributed by atoms with Crippen LogP contribution in [0.2, 0.25) is 5.02 Å². The Morgan fingerprint density at radius 3 is 2.77 bits per heavy atom. The molecule has 0 bridgehead atoms. The van der Waals surface area contributed by atoms with Gasteiger partial charge in [0.15, 0.2) is 0 Å². The minimum Gasteiger partial charge on any atom is -0.360 e. The van der Waals surface area contributed by atoms with Crippen LogP contribution in [0.4, 0.5) is 0 Å². The number of aromatic amines is 2. The summed E-state index contributed by atoms with van der Waals surface area (Å²) in [6, 6.07) is 13.9. The second kappa shape index (κ2) is 8.08. The standard InChI is InChI=1S/C25H23ClN4O/c1-2-16-4-3-5-20-21(14-27-23(16)20)17-10-12-30(13-11-17)25(31)22-15-28-29-24(22)18-6-8-19(26)9-7-18/h3-10,14-15,27H,2,11-13H2,1H3,(H,28,29). The Hall–Kier alpha value is -3.31. The summed E-state index contributed by atoms with van der Waals surface area (Å²) < 4.78 is 0. The van der Waals surface area contributed by atoms with Crippen LogP contribution in [0.25, 0.3) is 27.7 Å². The maximum absolute atomic E-state index is 13.2. The number of H-pyrrole nitrogens is 2. The number of nitrogens with zero attached hydrogens (tertiary/aromatic N) is 2. The number of carbonyl (C=O) groups is 1. The summed E-state index contributed by atoms with van der Waals surface area (Å²) in [7, 11) is 0. The average molecular weight is 431 g/mol. The molecule has 2 aromatic carbocycles. The molecule has 3 heterocycles. The minimum atomic E-state index is -0.0128. The highest BCUT2D eigenvalue weighted by Crippen LogP contribution is 2.32. The number of hydrogen-bond acceptors (Lipinski definition) is 2. The average Bonchev–Trinajstić information content (AvgIpc) is 3.47. The van der Waals surface area contributed by atoms with Crippen molar-refractivity contribution in [3.8, 4) is 11.3 Å². The van der Waals surface area contributed by atoms with Crippen LogP contribution in [0.5, 0.6) is 0 Å².